The first-order valence-corrected chi connectivity index (χ1v) is 7.09. The molecule has 1 aromatic carbocycles. The molecule has 2 rings (SSSR count). The Kier molecular flexibility index (Phi) is 4.42. The lowest BCUT2D eigenvalue weighted by molar-refractivity contribution is -0.136. The number of hydrogen-bond acceptors (Lipinski definition) is 2. The summed E-state index contributed by atoms with van der Waals surface area (Å²) in [6, 6.07) is 7.63. The summed E-state index contributed by atoms with van der Waals surface area (Å²) in [5.41, 5.74) is 1.82. The zero-order chi connectivity index (χ0) is 14.7. The second-order valence-electron chi connectivity index (χ2n) is 5.55. The number of nitrogens with zero attached hydrogens (tertiary/aromatic N) is 1. The largest absolute Gasteiger partial charge is 0.481 e. The average Bonchev–Trinajstić information content (AvgIpc) is 3.23. The first kappa shape index (κ1) is 14.6. The van der Waals surface area contributed by atoms with Gasteiger partial charge in [-0.25, -0.2) is 0 Å². The van der Waals surface area contributed by atoms with Crippen molar-refractivity contribution in [3.63, 3.8) is 0 Å². The number of para-hydroxylation sites is 1. The van der Waals surface area contributed by atoms with E-state index in [1.807, 2.05) is 38.1 Å². The van der Waals surface area contributed by atoms with E-state index >= 15 is 0 Å². The number of anilines is 1. The van der Waals surface area contributed by atoms with Crippen LogP contribution in [0.2, 0.25) is 0 Å². The van der Waals surface area contributed by atoms with Crippen LogP contribution in [-0.4, -0.2) is 23.5 Å². The van der Waals surface area contributed by atoms with Gasteiger partial charge in [0.25, 0.3) is 0 Å². The Labute approximate surface area is 119 Å². The Bertz CT molecular complexity index is 508. The van der Waals surface area contributed by atoms with Crippen molar-refractivity contribution in [1.82, 2.24) is 0 Å². The molecule has 0 aromatic heterocycles. The maximum atomic E-state index is 12.6. The topological polar surface area (TPSA) is 57.6 Å². The van der Waals surface area contributed by atoms with Crippen LogP contribution in [0.25, 0.3) is 0 Å². The molecule has 0 aliphatic heterocycles. The van der Waals surface area contributed by atoms with Gasteiger partial charge in [0.05, 0.1) is 6.42 Å². The number of carbonyl (C=O) groups is 2. The molecule has 4 nitrogen and oxygen atoms in total. The molecule has 1 aliphatic carbocycles. The van der Waals surface area contributed by atoms with E-state index in [-0.39, 0.29) is 24.8 Å². The van der Waals surface area contributed by atoms with E-state index in [9.17, 15) is 9.59 Å². The molecule has 0 bridgehead atoms. The number of benzene rings is 1. The van der Waals surface area contributed by atoms with Gasteiger partial charge < -0.3 is 10.0 Å². The van der Waals surface area contributed by atoms with Crippen molar-refractivity contribution in [3.05, 3.63) is 29.8 Å². The van der Waals surface area contributed by atoms with Crippen LogP contribution in [0.3, 0.4) is 0 Å². The van der Waals surface area contributed by atoms with Gasteiger partial charge >= 0.3 is 5.97 Å². The van der Waals surface area contributed by atoms with Gasteiger partial charge in [-0.1, -0.05) is 25.1 Å². The van der Waals surface area contributed by atoms with Crippen molar-refractivity contribution in [2.24, 2.45) is 11.8 Å². The third-order valence-corrected chi connectivity index (χ3v) is 3.94. The van der Waals surface area contributed by atoms with Crippen LogP contribution in [0.5, 0.6) is 0 Å². The molecular weight excluding hydrogens is 254 g/mol. The highest BCUT2D eigenvalue weighted by atomic mass is 16.4. The quantitative estimate of drug-likeness (QED) is 0.868. The second-order valence-corrected chi connectivity index (χ2v) is 5.55. The highest BCUT2D eigenvalue weighted by molar-refractivity contribution is 5.96. The lowest BCUT2D eigenvalue weighted by atomic mass is 10.0. The van der Waals surface area contributed by atoms with Crippen molar-refractivity contribution in [2.45, 2.75) is 33.1 Å². The van der Waals surface area contributed by atoms with Crippen molar-refractivity contribution in [1.29, 1.82) is 0 Å². The highest BCUT2D eigenvalue weighted by Crippen LogP contribution is 2.38. The van der Waals surface area contributed by atoms with Crippen LogP contribution < -0.4 is 4.90 Å². The molecule has 1 amide bonds. The number of hydrogen-bond donors (Lipinski definition) is 1. The van der Waals surface area contributed by atoms with Gasteiger partial charge in [0.15, 0.2) is 0 Å². The molecule has 1 atom stereocenters. The molecule has 0 radical (unpaired) electrons. The van der Waals surface area contributed by atoms with E-state index in [4.69, 9.17) is 5.11 Å². The molecule has 108 valence electrons. The third kappa shape index (κ3) is 3.38. The predicted molar refractivity (Wildman–Crippen MR) is 77.7 cm³/mol. The summed E-state index contributed by atoms with van der Waals surface area (Å²) in [6.07, 6.45) is 2.18. The number of amides is 1. The van der Waals surface area contributed by atoms with E-state index in [2.05, 4.69) is 0 Å². The van der Waals surface area contributed by atoms with Crippen LogP contribution in [0, 0.1) is 18.8 Å². The molecule has 1 saturated carbocycles. The van der Waals surface area contributed by atoms with Crippen LogP contribution in [0.15, 0.2) is 24.3 Å². The van der Waals surface area contributed by atoms with Gasteiger partial charge in [0.1, 0.15) is 0 Å². The predicted octanol–water partition coefficient (Wildman–Crippen LogP) is 2.85. The molecule has 0 heterocycles. The molecule has 1 N–H and O–H groups in total. The van der Waals surface area contributed by atoms with Gasteiger partial charge in [-0.3, -0.25) is 9.59 Å². The summed E-state index contributed by atoms with van der Waals surface area (Å²) >= 11 is 0. The van der Waals surface area contributed by atoms with E-state index in [1.165, 1.54) is 0 Å². The Morgan fingerprint density at radius 3 is 2.55 bits per heavy atom. The van der Waals surface area contributed by atoms with Crippen molar-refractivity contribution < 1.29 is 14.7 Å². The number of aliphatic carboxylic acids is 1. The zero-order valence-electron chi connectivity index (χ0n) is 12.0. The summed E-state index contributed by atoms with van der Waals surface area (Å²) in [6.45, 7) is 4.13. The Morgan fingerprint density at radius 2 is 2.00 bits per heavy atom. The molecule has 1 fully saturated rings. The van der Waals surface area contributed by atoms with Crippen LogP contribution in [-0.2, 0) is 9.59 Å². The molecular formula is C16H21NO3. The highest BCUT2D eigenvalue weighted by Gasteiger charge is 2.35. The minimum atomic E-state index is -0.879. The number of carbonyl (C=O) groups excluding carboxylic acids is 1. The van der Waals surface area contributed by atoms with Gasteiger partial charge in [-0.05, 0) is 37.3 Å². The summed E-state index contributed by atoms with van der Waals surface area (Å²) < 4.78 is 0. The lowest BCUT2D eigenvalue weighted by Gasteiger charge is -2.27. The van der Waals surface area contributed by atoms with Crippen LogP contribution in [0.4, 0.5) is 5.69 Å². The number of carboxylic acids is 1. The SMILES string of the molecule is Cc1ccccc1N(CCC(=O)O)C(=O)C(C)C1CC1. The normalized spacial score (nSPS) is 15.7. The summed E-state index contributed by atoms with van der Waals surface area (Å²) in [7, 11) is 0. The summed E-state index contributed by atoms with van der Waals surface area (Å²) in [5, 5.41) is 8.88. The minimum absolute atomic E-state index is 0.0246. The maximum absolute atomic E-state index is 12.6. The van der Waals surface area contributed by atoms with E-state index in [0.29, 0.717) is 5.92 Å². The van der Waals surface area contributed by atoms with Gasteiger partial charge in [0.2, 0.25) is 5.91 Å². The number of aryl methyl sites for hydroxylation is 1. The fraction of sp³-hybridized carbons (Fsp3) is 0.500. The number of carboxylic acid groups (broad SMARTS) is 1. The molecule has 4 heteroatoms. The van der Waals surface area contributed by atoms with E-state index in [0.717, 1.165) is 24.1 Å². The van der Waals surface area contributed by atoms with Crippen molar-refractivity contribution in [3.8, 4) is 0 Å². The average molecular weight is 275 g/mol. The van der Waals surface area contributed by atoms with Gasteiger partial charge in [0, 0.05) is 18.2 Å². The first-order valence-electron chi connectivity index (χ1n) is 7.09. The third-order valence-electron chi connectivity index (χ3n) is 3.94. The molecule has 1 unspecified atom stereocenters. The standard InChI is InChI=1S/C16H21NO3/c1-11-5-3-4-6-14(11)17(10-9-15(18)19)16(20)12(2)13-7-8-13/h3-6,12-13H,7-10H2,1-2H3,(H,18,19). The molecule has 0 spiro atoms. The molecule has 1 aliphatic rings. The molecule has 0 saturated heterocycles. The maximum Gasteiger partial charge on any atom is 0.305 e. The fourth-order valence-corrected chi connectivity index (χ4v) is 2.47. The van der Waals surface area contributed by atoms with Crippen molar-refractivity contribution in [2.75, 3.05) is 11.4 Å². The van der Waals surface area contributed by atoms with Gasteiger partial charge in [-0.15, -0.1) is 0 Å². The fourth-order valence-electron chi connectivity index (χ4n) is 2.47. The van der Waals surface area contributed by atoms with E-state index < -0.39 is 5.97 Å². The molecule has 20 heavy (non-hydrogen) atoms. The van der Waals surface area contributed by atoms with E-state index in [1.54, 1.807) is 4.90 Å². The first-order chi connectivity index (χ1) is 9.50. The Hall–Kier alpha value is -1.84. The summed E-state index contributed by atoms with van der Waals surface area (Å²) in [4.78, 5) is 25.1. The van der Waals surface area contributed by atoms with Gasteiger partial charge in [-0.2, -0.15) is 0 Å². The molecule has 1 aromatic rings. The second kappa shape index (κ2) is 6.07. The number of rotatable bonds is 6. The zero-order valence-corrected chi connectivity index (χ0v) is 12.0. The van der Waals surface area contributed by atoms with Crippen LogP contribution in [0.1, 0.15) is 31.7 Å². The van der Waals surface area contributed by atoms with Crippen molar-refractivity contribution >= 4 is 17.6 Å². The lowest BCUT2D eigenvalue weighted by Crippen LogP contribution is -2.38. The summed E-state index contributed by atoms with van der Waals surface area (Å²) in [5.74, 6) is -0.388. The smallest absolute Gasteiger partial charge is 0.305 e. The Balaban J connectivity index is 2.21. The van der Waals surface area contributed by atoms with Crippen LogP contribution >= 0.6 is 0 Å². The Morgan fingerprint density at radius 1 is 1.35 bits per heavy atom. The minimum Gasteiger partial charge on any atom is -0.481 e. The monoisotopic (exact) mass is 275 g/mol.